The molecule has 0 aliphatic rings. The van der Waals surface area contributed by atoms with Gasteiger partial charge in [-0.05, 0) is 31.5 Å². The molecular formula is C12H20N2O4S. The highest BCUT2D eigenvalue weighted by Crippen LogP contribution is 2.29. The van der Waals surface area contributed by atoms with Gasteiger partial charge in [-0.3, -0.25) is 4.72 Å². The first-order valence-electron chi connectivity index (χ1n) is 5.95. The van der Waals surface area contributed by atoms with Gasteiger partial charge in [-0.1, -0.05) is 0 Å². The van der Waals surface area contributed by atoms with Crippen LogP contribution >= 0.6 is 0 Å². The van der Waals surface area contributed by atoms with Crippen molar-refractivity contribution in [1.82, 2.24) is 0 Å². The molecule has 0 saturated heterocycles. The number of methoxy groups -OCH3 is 2. The SMILES string of the molecule is COc1ccc(NS(=O)(=O)CCCCN)c(OC)c1. The van der Waals surface area contributed by atoms with Crippen LogP contribution in [0.4, 0.5) is 5.69 Å². The summed E-state index contributed by atoms with van der Waals surface area (Å²) in [5.74, 6) is 1.06. The minimum absolute atomic E-state index is 0.0411. The predicted molar refractivity (Wildman–Crippen MR) is 75.2 cm³/mol. The molecule has 1 aromatic carbocycles. The van der Waals surface area contributed by atoms with Gasteiger partial charge in [0.2, 0.25) is 10.0 Å². The number of nitrogens with two attached hydrogens (primary N) is 1. The highest BCUT2D eigenvalue weighted by molar-refractivity contribution is 7.92. The second kappa shape index (κ2) is 7.20. The van der Waals surface area contributed by atoms with Gasteiger partial charge in [-0.25, -0.2) is 8.42 Å². The summed E-state index contributed by atoms with van der Waals surface area (Å²) in [5, 5.41) is 0. The molecule has 0 aromatic heterocycles. The first-order valence-corrected chi connectivity index (χ1v) is 7.60. The summed E-state index contributed by atoms with van der Waals surface area (Å²) in [4.78, 5) is 0. The molecule has 0 spiro atoms. The summed E-state index contributed by atoms with van der Waals surface area (Å²) >= 11 is 0. The maximum Gasteiger partial charge on any atom is 0.232 e. The summed E-state index contributed by atoms with van der Waals surface area (Å²) in [6.45, 7) is 0.487. The zero-order valence-corrected chi connectivity index (χ0v) is 12.0. The minimum atomic E-state index is -3.39. The molecule has 108 valence electrons. The Morgan fingerprint density at radius 3 is 2.53 bits per heavy atom. The van der Waals surface area contributed by atoms with E-state index in [1.165, 1.54) is 14.2 Å². The van der Waals surface area contributed by atoms with Gasteiger partial charge in [0.1, 0.15) is 11.5 Å². The van der Waals surface area contributed by atoms with E-state index in [1.54, 1.807) is 18.2 Å². The molecule has 0 aliphatic heterocycles. The van der Waals surface area contributed by atoms with E-state index in [0.29, 0.717) is 36.6 Å². The fraction of sp³-hybridized carbons (Fsp3) is 0.500. The molecule has 1 aromatic rings. The number of ether oxygens (including phenoxy) is 2. The van der Waals surface area contributed by atoms with Crippen molar-refractivity contribution >= 4 is 15.7 Å². The molecule has 19 heavy (non-hydrogen) atoms. The van der Waals surface area contributed by atoms with Gasteiger partial charge in [0.25, 0.3) is 0 Å². The summed E-state index contributed by atoms with van der Waals surface area (Å²) in [5.41, 5.74) is 5.74. The molecule has 0 radical (unpaired) electrons. The Bertz CT molecular complexity index is 502. The third-order valence-electron chi connectivity index (χ3n) is 2.54. The molecule has 0 fully saturated rings. The molecule has 7 heteroatoms. The van der Waals surface area contributed by atoms with Gasteiger partial charge in [0.15, 0.2) is 0 Å². The smallest absolute Gasteiger partial charge is 0.232 e. The second-order valence-corrected chi connectivity index (χ2v) is 5.82. The van der Waals surface area contributed by atoms with E-state index in [4.69, 9.17) is 15.2 Å². The summed E-state index contributed by atoms with van der Waals surface area (Å²) in [6, 6.07) is 4.90. The van der Waals surface area contributed by atoms with Crippen LogP contribution in [0.25, 0.3) is 0 Å². The van der Waals surface area contributed by atoms with E-state index >= 15 is 0 Å². The molecular weight excluding hydrogens is 268 g/mol. The van der Waals surface area contributed by atoms with Gasteiger partial charge in [0, 0.05) is 6.07 Å². The van der Waals surface area contributed by atoms with Crippen LogP contribution in [0.1, 0.15) is 12.8 Å². The van der Waals surface area contributed by atoms with Gasteiger partial charge in [-0.15, -0.1) is 0 Å². The molecule has 0 unspecified atom stereocenters. The highest BCUT2D eigenvalue weighted by atomic mass is 32.2. The topological polar surface area (TPSA) is 90.7 Å². The average molecular weight is 288 g/mol. The Hall–Kier alpha value is -1.47. The number of benzene rings is 1. The minimum Gasteiger partial charge on any atom is -0.497 e. The number of rotatable bonds is 8. The van der Waals surface area contributed by atoms with Crippen LogP contribution in [0.5, 0.6) is 11.5 Å². The van der Waals surface area contributed by atoms with Crippen molar-refractivity contribution in [2.24, 2.45) is 5.73 Å². The van der Waals surface area contributed by atoms with Gasteiger partial charge >= 0.3 is 0 Å². The van der Waals surface area contributed by atoms with Gasteiger partial charge in [0.05, 0.1) is 25.7 Å². The summed E-state index contributed by atoms with van der Waals surface area (Å²) in [7, 11) is -0.379. The monoisotopic (exact) mass is 288 g/mol. The third kappa shape index (κ3) is 4.96. The lowest BCUT2D eigenvalue weighted by Crippen LogP contribution is -2.18. The average Bonchev–Trinajstić information content (AvgIpc) is 2.39. The number of sulfonamides is 1. The van der Waals surface area contributed by atoms with Crippen molar-refractivity contribution in [1.29, 1.82) is 0 Å². The van der Waals surface area contributed by atoms with Crippen molar-refractivity contribution < 1.29 is 17.9 Å². The zero-order valence-electron chi connectivity index (χ0n) is 11.2. The van der Waals surface area contributed by atoms with E-state index in [-0.39, 0.29) is 5.75 Å². The van der Waals surface area contributed by atoms with Crippen molar-refractivity contribution in [3.8, 4) is 11.5 Å². The summed E-state index contributed by atoms with van der Waals surface area (Å²) in [6.07, 6.45) is 1.21. The molecule has 0 aliphatic carbocycles. The lowest BCUT2D eigenvalue weighted by molar-refractivity contribution is 0.395. The molecule has 0 heterocycles. The fourth-order valence-corrected chi connectivity index (χ4v) is 2.73. The van der Waals surface area contributed by atoms with E-state index < -0.39 is 10.0 Å². The second-order valence-electron chi connectivity index (χ2n) is 3.98. The van der Waals surface area contributed by atoms with Crippen molar-refractivity contribution in [3.63, 3.8) is 0 Å². The fourth-order valence-electron chi connectivity index (χ4n) is 1.54. The van der Waals surface area contributed by atoms with E-state index in [1.807, 2.05) is 0 Å². The lowest BCUT2D eigenvalue weighted by Gasteiger charge is -2.12. The van der Waals surface area contributed by atoms with Crippen molar-refractivity contribution in [2.75, 3.05) is 31.2 Å². The Morgan fingerprint density at radius 2 is 1.95 bits per heavy atom. The zero-order chi connectivity index (χ0) is 14.3. The maximum absolute atomic E-state index is 11.9. The van der Waals surface area contributed by atoms with Crippen LogP contribution in [-0.2, 0) is 10.0 Å². The lowest BCUT2D eigenvalue weighted by atomic mass is 10.3. The number of unbranched alkanes of at least 4 members (excludes halogenated alkanes) is 1. The van der Waals surface area contributed by atoms with Crippen LogP contribution in [0.15, 0.2) is 18.2 Å². The highest BCUT2D eigenvalue weighted by Gasteiger charge is 2.13. The molecule has 0 bridgehead atoms. The Labute approximate surface area is 113 Å². The van der Waals surface area contributed by atoms with Crippen LogP contribution < -0.4 is 19.9 Å². The van der Waals surface area contributed by atoms with E-state index in [9.17, 15) is 8.42 Å². The summed E-state index contributed by atoms with van der Waals surface area (Å²) < 4.78 is 36.4. The molecule has 6 nitrogen and oxygen atoms in total. The van der Waals surface area contributed by atoms with E-state index in [2.05, 4.69) is 4.72 Å². The molecule has 1 rings (SSSR count). The van der Waals surface area contributed by atoms with E-state index in [0.717, 1.165) is 0 Å². The number of hydrogen-bond acceptors (Lipinski definition) is 5. The van der Waals surface area contributed by atoms with Crippen LogP contribution in [0, 0.1) is 0 Å². The van der Waals surface area contributed by atoms with Crippen LogP contribution in [0.2, 0.25) is 0 Å². The van der Waals surface area contributed by atoms with Gasteiger partial charge < -0.3 is 15.2 Å². The Morgan fingerprint density at radius 1 is 1.21 bits per heavy atom. The van der Waals surface area contributed by atoms with Crippen LogP contribution in [0.3, 0.4) is 0 Å². The number of anilines is 1. The molecule has 0 saturated carbocycles. The van der Waals surface area contributed by atoms with Crippen LogP contribution in [-0.4, -0.2) is 34.9 Å². The van der Waals surface area contributed by atoms with Crippen molar-refractivity contribution in [2.45, 2.75) is 12.8 Å². The normalized spacial score (nSPS) is 11.1. The molecule has 0 atom stereocenters. The maximum atomic E-state index is 11.9. The number of hydrogen-bond donors (Lipinski definition) is 2. The van der Waals surface area contributed by atoms with Gasteiger partial charge in [-0.2, -0.15) is 0 Å². The first kappa shape index (κ1) is 15.6. The third-order valence-corrected chi connectivity index (χ3v) is 3.90. The van der Waals surface area contributed by atoms with Crippen molar-refractivity contribution in [3.05, 3.63) is 18.2 Å². The largest absolute Gasteiger partial charge is 0.497 e. The Kier molecular flexibility index (Phi) is 5.91. The predicted octanol–water partition coefficient (Wildman–Crippen LogP) is 1.18. The molecule has 0 amide bonds. The standard InChI is InChI=1S/C12H20N2O4S/c1-17-10-5-6-11(12(9-10)18-2)14-19(15,16)8-4-3-7-13/h5-6,9,14H,3-4,7-8,13H2,1-2H3. The Balaban J connectivity index is 2.80. The number of nitrogens with one attached hydrogen (secondary N) is 1. The molecule has 3 N–H and O–H groups in total. The first-order chi connectivity index (χ1) is 9.02. The quantitative estimate of drug-likeness (QED) is 0.701.